The van der Waals surface area contributed by atoms with Gasteiger partial charge in [-0.2, -0.15) is 0 Å². The summed E-state index contributed by atoms with van der Waals surface area (Å²) in [5.74, 6) is 2.31. The van der Waals surface area contributed by atoms with E-state index in [0.29, 0.717) is 12.4 Å². The minimum absolute atomic E-state index is 0.221. The topological polar surface area (TPSA) is 59.9 Å². The zero-order valence-corrected chi connectivity index (χ0v) is 22.4. The molecule has 180 valence electrons. The van der Waals surface area contributed by atoms with Crippen molar-refractivity contribution in [2.45, 2.75) is 71.3 Å². The number of hydrogen-bond acceptors (Lipinski definition) is 7. The minimum atomic E-state index is -0.617. The second-order valence-electron chi connectivity index (χ2n) is 7.53. The van der Waals surface area contributed by atoms with Crippen molar-refractivity contribution in [1.82, 2.24) is 4.72 Å². The van der Waals surface area contributed by atoms with E-state index in [4.69, 9.17) is 14.5 Å². The Balaban J connectivity index is 0.00000187. The van der Waals surface area contributed by atoms with Gasteiger partial charge in [0.15, 0.2) is 6.10 Å². The van der Waals surface area contributed by atoms with Gasteiger partial charge in [-0.25, -0.2) is 4.79 Å². The van der Waals surface area contributed by atoms with Gasteiger partial charge in [0.25, 0.3) is 0 Å². The molecule has 1 aliphatic heterocycles. The van der Waals surface area contributed by atoms with Gasteiger partial charge >= 0.3 is 5.97 Å². The molecule has 1 N–H and O–H groups in total. The number of nitrogens with one attached hydrogen (secondary N) is 1. The van der Waals surface area contributed by atoms with E-state index < -0.39 is 6.10 Å². The maximum atomic E-state index is 11.8. The quantitative estimate of drug-likeness (QED) is 0.248. The average Bonchev–Trinajstić information content (AvgIpc) is 3.28. The molecule has 0 saturated heterocycles. The summed E-state index contributed by atoms with van der Waals surface area (Å²) in [5.41, 5.74) is 4.73. The van der Waals surface area contributed by atoms with Crippen molar-refractivity contribution in [2.75, 3.05) is 12.4 Å². The molecule has 5 nitrogen and oxygen atoms in total. The number of amidine groups is 1. The van der Waals surface area contributed by atoms with Crippen molar-refractivity contribution in [2.24, 2.45) is 4.99 Å². The lowest BCUT2D eigenvalue weighted by Crippen LogP contribution is -2.26. The number of carbonyl (C=O) groups is 1. The van der Waals surface area contributed by atoms with Gasteiger partial charge < -0.3 is 14.2 Å². The third-order valence-electron chi connectivity index (χ3n) is 5.05. The van der Waals surface area contributed by atoms with Crippen LogP contribution in [0.3, 0.4) is 0 Å². The second kappa shape index (κ2) is 13.6. The van der Waals surface area contributed by atoms with E-state index in [-0.39, 0.29) is 11.3 Å². The van der Waals surface area contributed by atoms with Crippen molar-refractivity contribution >= 4 is 35.5 Å². The molecule has 1 heterocycles. The number of aliphatic imine (C=N–C) groups is 1. The monoisotopic (exact) mass is 488 g/mol. The first-order chi connectivity index (χ1) is 15.9. The average molecular weight is 489 g/mol. The Morgan fingerprint density at radius 2 is 1.88 bits per heavy atom. The fraction of sp³-hybridized carbons (Fsp3) is 0.462. The second-order valence-corrected chi connectivity index (χ2v) is 9.68. The maximum Gasteiger partial charge on any atom is 0.347 e. The molecule has 0 spiro atoms. The summed E-state index contributed by atoms with van der Waals surface area (Å²) in [6, 6.07) is 12.5. The van der Waals surface area contributed by atoms with Crippen molar-refractivity contribution in [3.63, 3.8) is 0 Å². The zero-order valence-electron chi connectivity index (χ0n) is 20.7. The summed E-state index contributed by atoms with van der Waals surface area (Å²) in [6.07, 6.45) is 0.363. The summed E-state index contributed by atoms with van der Waals surface area (Å²) >= 11 is 3.49. The molecule has 33 heavy (non-hydrogen) atoms. The molecule has 1 aliphatic rings. The van der Waals surface area contributed by atoms with Crippen molar-refractivity contribution < 1.29 is 14.3 Å². The predicted molar refractivity (Wildman–Crippen MR) is 142 cm³/mol. The van der Waals surface area contributed by atoms with Gasteiger partial charge in [-0.3, -0.25) is 4.99 Å². The molecule has 7 heteroatoms. The Morgan fingerprint density at radius 3 is 2.55 bits per heavy atom. The summed E-state index contributed by atoms with van der Waals surface area (Å²) in [4.78, 5) is 17.8. The lowest BCUT2D eigenvalue weighted by Gasteiger charge is -2.15. The number of esters is 1. The summed E-state index contributed by atoms with van der Waals surface area (Å²) < 4.78 is 14.1. The molecule has 2 atom stereocenters. The van der Waals surface area contributed by atoms with Gasteiger partial charge in [0.05, 0.1) is 6.61 Å². The van der Waals surface area contributed by atoms with Crippen molar-refractivity contribution in [1.29, 1.82) is 0 Å². The van der Waals surface area contributed by atoms with Crippen LogP contribution in [0, 0.1) is 20.8 Å². The van der Waals surface area contributed by atoms with Crippen molar-refractivity contribution in [3.05, 3.63) is 58.7 Å². The Bertz CT molecular complexity index is 963. The normalized spacial score (nSPS) is 15.6. The molecule has 0 amide bonds. The van der Waals surface area contributed by atoms with Gasteiger partial charge in [-0.15, -0.1) is 11.8 Å². The highest BCUT2D eigenvalue weighted by Crippen LogP contribution is 2.29. The fourth-order valence-electron chi connectivity index (χ4n) is 3.09. The highest BCUT2D eigenvalue weighted by Gasteiger charge is 2.20. The van der Waals surface area contributed by atoms with Gasteiger partial charge in [0, 0.05) is 16.2 Å². The van der Waals surface area contributed by atoms with Crippen LogP contribution in [-0.4, -0.2) is 35.6 Å². The summed E-state index contributed by atoms with van der Waals surface area (Å²) in [7, 11) is 0. The zero-order chi connectivity index (χ0) is 24.4. The summed E-state index contributed by atoms with van der Waals surface area (Å²) in [6.45, 7) is 14.1. The molecule has 0 radical (unpaired) electrons. The Morgan fingerprint density at radius 1 is 1.12 bits per heavy atom. The van der Waals surface area contributed by atoms with Crippen LogP contribution in [0.2, 0.25) is 0 Å². The molecule has 2 unspecified atom stereocenters. The van der Waals surface area contributed by atoms with Crippen LogP contribution in [0.25, 0.3) is 0 Å². The first kappa shape index (κ1) is 27.1. The first-order valence-electron chi connectivity index (χ1n) is 11.5. The number of ether oxygens (including phenoxy) is 2. The lowest BCUT2D eigenvalue weighted by molar-refractivity contribution is -0.150. The van der Waals surface area contributed by atoms with Gasteiger partial charge in [-0.05, 0) is 93.9 Å². The fourth-order valence-corrected chi connectivity index (χ4v) is 5.05. The molecule has 2 aromatic rings. The number of carbonyl (C=O) groups excluding carboxylic acids is 1. The number of thioether (sulfide) groups is 1. The van der Waals surface area contributed by atoms with E-state index in [0.717, 1.165) is 29.1 Å². The molecular weight excluding hydrogens is 452 g/mol. The van der Waals surface area contributed by atoms with Crippen LogP contribution in [-0.2, 0) is 9.53 Å². The SMILES string of the molecule is CC.CCOC(=O)C(C)Oc1ccc(SCCC2N=C(c3ccc(C)c(C)c3)NS2)cc1C. The number of aryl methyl sites for hydroxylation is 3. The van der Waals surface area contributed by atoms with E-state index >= 15 is 0 Å². The Hall–Kier alpha value is -2.12. The third kappa shape index (κ3) is 8.00. The molecule has 3 rings (SSSR count). The smallest absolute Gasteiger partial charge is 0.347 e. The van der Waals surface area contributed by atoms with Gasteiger partial charge in [-0.1, -0.05) is 26.0 Å². The van der Waals surface area contributed by atoms with E-state index in [1.54, 1.807) is 25.8 Å². The lowest BCUT2D eigenvalue weighted by atomic mass is 10.1. The van der Waals surface area contributed by atoms with Crippen LogP contribution < -0.4 is 9.46 Å². The Labute approximate surface area is 207 Å². The van der Waals surface area contributed by atoms with Crippen LogP contribution in [0.4, 0.5) is 0 Å². The Kier molecular flexibility index (Phi) is 11.1. The van der Waals surface area contributed by atoms with Crippen molar-refractivity contribution in [3.8, 4) is 5.75 Å². The predicted octanol–water partition coefficient (Wildman–Crippen LogP) is 6.47. The number of benzene rings is 2. The first-order valence-corrected chi connectivity index (χ1v) is 13.4. The standard InChI is InChI=1S/C24H30N2O3S2.C2H6/c1-6-28-24(27)18(5)29-21-10-9-20(14-17(21)4)30-12-11-22-25-23(26-31-22)19-8-7-15(2)16(3)13-19;1-2/h7-10,13-14,18,22H,6,11-12H2,1-5H3,(H,25,26);1-2H3. The molecule has 0 fully saturated rings. The molecule has 0 bridgehead atoms. The molecule has 0 aromatic heterocycles. The minimum Gasteiger partial charge on any atom is -0.479 e. The summed E-state index contributed by atoms with van der Waals surface area (Å²) in [5, 5.41) is 0.221. The van der Waals surface area contributed by atoms with Crippen LogP contribution in [0.1, 0.15) is 56.4 Å². The number of hydrogen-bond donors (Lipinski definition) is 1. The molecular formula is C26H36N2O3S2. The molecule has 0 saturated carbocycles. The van der Waals surface area contributed by atoms with Crippen LogP contribution in [0.15, 0.2) is 46.3 Å². The molecule has 0 aliphatic carbocycles. The largest absolute Gasteiger partial charge is 0.479 e. The molecule has 2 aromatic carbocycles. The highest BCUT2D eigenvalue weighted by molar-refractivity contribution is 8.00. The van der Waals surface area contributed by atoms with Gasteiger partial charge in [0.2, 0.25) is 0 Å². The van der Waals surface area contributed by atoms with Crippen LogP contribution in [0.5, 0.6) is 5.75 Å². The van der Waals surface area contributed by atoms with Crippen LogP contribution >= 0.6 is 23.7 Å². The highest BCUT2D eigenvalue weighted by atomic mass is 32.2. The van der Waals surface area contributed by atoms with E-state index in [1.165, 1.54) is 16.0 Å². The number of rotatable bonds is 9. The van der Waals surface area contributed by atoms with E-state index in [9.17, 15) is 4.79 Å². The maximum absolute atomic E-state index is 11.8. The third-order valence-corrected chi connectivity index (χ3v) is 7.00. The van der Waals surface area contributed by atoms with E-state index in [2.05, 4.69) is 42.8 Å². The number of nitrogens with zero attached hydrogens (tertiary/aromatic N) is 1. The van der Waals surface area contributed by atoms with E-state index in [1.807, 2.05) is 44.7 Å². The van der Waals surface area contributed by atoms with Gasteiger partial charge in [0.1, 0.15) is 17.0 Å².